The zero-order chi connectivity index (χ0) is 14.9. The number of alkyl carbamates (subject to hydrolysis) is 1. The quantitative estimate of drug-likeness (QED) is 0.667. The molecular formula is C14H30N2O3. The van der Waals surface area contributed by atoms with E-state index in [1.165, 1.54) is 0 Å². The lowest BCUT2D eigenvalue weighted by atomic mass is 10.2. The van der Waals surface area contributed by atoms with E-state index in [9.17, 15) is 4.79 Å². The zero-order valence-electron chi connectivity index (χ0n) is 13.2. The third-order valence-corrected chi connectivity index (χ3v) is 2.22. The van der Waals surface area contributed by atoms with Crippen molar-refractivity contribution in [3.63, 3.8) is 0 Å². The Morgan fingerprint density at radius 3 is 2.37 bits per heavy atom. The maximum Gasteiger partial charge on any atom is 0.407 e. The Morgan fingerprint density at radius 1 is 1.21 bits per heavy atom. The smallest absolute Gasteiger partial charge is 0.407 e. The van der Waals surface area contributed by atoms with Crippen LogP contribution in [0.15, 0.2) is 0 Å². The van der Waals surface area contributed by atoms with Gasteiger partial charge in [-0.25, -0.2) is 4.79 Å². The van der Waals surface area contributed by atoms with E-state index in [4.69, 9.17) is 9.47 Å². The van der Waals surface area contributed by atoms with Crippen LogP contribution < -0.4 is 10.6 Å². The summed E-state index contributed by atoms with van der Waals surface area (Å²) in [5.74, 6) is 0. The second-order valence-corrected chi connectivity index (χ2v) is 6.01. The average molecular weight is 274 g/mol. The summed E-state index contributed by atoms with van der Waals surface area (Å²) >= 11 is 0. The zero-order valence-corrected chi connectivity index (χ0v) is 13.2. The maximum absolute atomic E-state index is 11.4. The van der Waals surface area contributed by atoms with E-state index in [1.807, 2.05) is 41.5 Å². The van der Waals surface area contributed by atoms with E-state index in [2.05, 4.69) is 10.6 Å². The van der Waals surface area contributed by atoms with E-state index < -0.39 is 5.60 Å². The third-order valence-electron chi connectivity index (χ3n) is 2.22. The maximum atomic E-state index is 11.4. The van der Waals surface area contributed by atoms with Crippen LogP contribution >= 0.6 is 0 Å². The van der Waals surface area contributed by atoms with Gasteiger partial charge in [0.2, 0.25) is 0 Å². The van der Waals surface area contributed by atoms with Crippen LogP contribution in [0.1, 0.15) is 48.0 Å². The van der Waals surface area contributed by atoms with E-state index in [0.29, 0.717) is 6.54 Å². The van der Waals surface area contributed by atoms with Crippen LogP contribution in [0.4, 0.5) is 4.79 Å². The minimum atomic E-state index is -0.449. The van der Waals surface area contributed by atoms with Gasteiger partial charge in [0, 0.05) is 19.2 Å². The van der Waals surface area contributed by atoms with Crippen molar-refractivity contribution in [1.82, 2.24) is 10.6 Å². The molecule has 5 heteroatoms. The molecule has 2 N–H and O–H groups in total. The van der Waals surface area contributed by atoms with Crippen LogP contribution in [0.5, 0.6) is 0 Å². The summed E-state index contributed by atoms with van der Waals surface area (Å²) in [7, 11) is 0. The lowest BCUT2D eigenvalue weighted by molar-refractivity contribution is 0.0522. The molecule has 5 nitrogen and oxygen atoms in total. The van der Waals surface area contributed by atoms with Gasteiger partial charge in [-0.15, -0.1) is 0 Å². The van der Waals surface area contributed by atoms with Gasteiger partial charge in [0.25, 0.3) is 0 Å². The Labute approximate surface area is 117 Å². The fourth-order valence-corrected chi connectivity index (χ4v) is 1.36. The van der Waals surface area contributed by atoms with Crippen molar-refractivity contribution >= 4 is 6.09 Å². The summed E-state index contributed by atoms with van der Waals surface area (Å²) in [5, 5.41) is 6.07. The third kappa shape index (κ3) is 13.4. The highest BCUT2D eigenvalue weighted by molar-refractivity contribution is 5.67. The number of carbonyl (C=O) groups excluding carboxylic acids is 1. The van der Waals surface area contributed by atoms with Crippen LogP contribution in [0, 0.1) is 0 Å². The number of hydrogen-bond donors (Lipinski definition) is 2. The lowest BCUT2D eigenvalue weighted by Crippen LogP contribution is -2.41. The van der Waals surface area contributed by atoms with Gasteiger partial charge in [-0.3, -0.25) is 0 Å². The molecule has 0 saturated carbocycles. The highest BCUT2D eigenvalue weighted by Gasteiger charge is 2.16. The molecule has 0 aromatic heterocycles. The minimum Gasteiger partial charge on any atom is -0.444 e. The molecule has 0 heterocycles. The summed E-state index contributed by atoms with van der Waals surface area (Å²) in [6, 6.07) is 0.214. The summed E-state index contributed by atoms with van der Waals surface area (Å²) in [6.07, 6.45) is 0.880. The molecule has 0 aromatic carbocycles. The molecule has 0 bridgehead atoms. The molecule has 19 heavy (non-hydrogen) atoms. The number of amides is 1. The first-order chi connectivity index (χ1) is 8.70. The molecule has 0 aromatic rings. The summed E-state index contributed by atoms with van der Waals surface area (Å²) < 4.78 is 10.6. The van der Waals surface area contributed by atoms with Gasteiger partial charge in [0.1, 0.15) is 5.60 Å². The Balaban J connectivity index is 3.54. The molecule has 0 fully saturated rings. The average Bonchev–Trinajstić information content (AvgIpc) is 2.23. The Bertz CT molecular complexity index is 250. The van der Waals surface area contributed by atoms with Crippen molar-refractivity contribution < 1.29 is 14.3 Å². The molecule has 114 valence electrons. The number of ether oxygens (including phenoxy) is 2. The van der Waals surface area contributed by atoms with Gasteiger partial charge in [-0.05, 0) is 54.5 Å². The minimum absolute atomic E-state index is 0.214. The number of hydrogen-bond acceptors (Lipinski definition) is 4. The van der Waals surface area contributed by atoms with E-state index in [1.54, 1.807) is 0 Å². The lowest BCUT2D eigenvalue weighted by Gasteiger charge is -2.21. The van der Waals surface area contributed by atoms with Crippen molar-refractivity contribution in [2.45, 2.75) is 65.7 Å². The second-order valence-electron chi connectivity index (χ2n) is 6.01. The van der Waals surface area contributed by atoms with Gasteiger partial charge in [-0.1, -0.05) is 0 Å². The number of carbonyl (C=O) groups is 1. The Hall–Kier alpha value is -0.810. The molecule has 0 radical (unpaired) electrons. The van der Waals surface area contributed by atoms with Gasteiger partial charge in [0.05, 0.1) is 6.10 Å². The molecule has 0 spiro atoms. The predicted octanol–water partition coefficient (Wildman–Crippen LogP) is 2.30. The van der Waals surface area contributed by atoms with Crippen LogP contribution in [0.25, 0.3) is 0 Å². The van der Waals surface area contributed by atoms with E-state index in [0.717, 1.165) is 19.6 Å². The first kappa shape index (κ1) is 18.2. The fraction of sp³-hybridized carbons (Fsp3) is 0.929. The van der Waals surface area contributed by atoms with Crippen LogP contribution in [0.3, 0.4) is 0 Å². The monoisotopic (exact) mass is 274 g/mol. The summed E-state index contributed by atoms with van der Waals surface area (Å²) in [6.45, 7) is 13.8. The topological polar surface area (TPSA) is 59.6 Å². The van der Waals surface area contributed by atoms with Crippen LogP contribution in [-0.4, -0.2) is 43.5 Å². The van der Waals surface area contributed by atoms with E-state index in [-0.39, 0.29) is 18.2 Å². The van der Waals surface area contributed by atoms with Crippen molar-refractivity contribution in [2.75, 3.05) is 19.7 Å². The van der Waals surface area contributed by atoms with Crippen molar-refractivity contribution in [3.8, 4) is 0 Å². The SMILES string of the molecule is CC(CNC(=O)OC(C)(C)C)NCCCOC(C)C. The van der Waals surface area contributed by atoms with Gasteiger partial charge < -0.3 is 20.1 Å². The Morgan fingerprint density at radius 2 is 1.84 bits per heavy atom. The van der Waals surface area contributed by atoms with Crippen LogP contribution in [-0.2, 0) is 9.47 Å². The number of nitrogens with one attached hydrogen (secondary N) is 2. The number of rotatable bonds is 8. The Kier molecular flexibility index (Phi) is 8.76. The van der Waals surface area contributed by atoms with Crippen LogP contribution in [0.2, 0.25) is 0 Å². The van der Waals surface area contributed by atoms with E-state index >= 15 is 0 Å². The van der Waals surface area contributed by atoms with Gasteiger partial charge >= 0.3 is 6.09 Å². The molecule has 0 rings (SSSR count). The molecule has 1 unspecified atom stereocenters. The highest BCUT2D eigenvalue weighted by Crippen LogP contribution is 2.06. The fourth-order valence-electron chi connectivity index (χ4n) is 1.36. The summed E-state index contributed by atoms with van der Waals surface area (Å²) in [4.78, 5) is 11.4. The molecule has 1 amide bonds. The molecule has 0 aliphatic heterocycles. The first-order valence-electron chi connectivity index (χ1n) is 7.02. The van der Waals surface area contributed by atoms with Crippen molar-refractivity contribution in [2.24, 2.45) is 0 Å². The molecule has 0 aliphatic rings. The second kappa shape index (κ2) is 9.15. The molecule has 0 aliphatic carbocycles. The normalized spacial score (nSPS) is 13.4. The first-order valence-corrected chi connectivity index (χ1v) is 7.02. The van der Waals surface area contributed by atoms with Gasteiger partial charge in [0.15, 0.2) is 0 Å². The highest BCUT2D eigenvalue weighted by atomic mass is 16.6. The molecular weight excluding hydrogens is 244 g/mol. The molecule has 1 atom stereocenters. The largest absolute Gasteiger partial charge is 0.444 e. The van der Waals surface area contributed by atoms with Gasteiger partial charge in [-0.2, -0.15) is 0 Å². The van der Waals surface area contributed by atoms with Crippen molar-refractivity contribution in [1.29, 1.82) is 0 Å². The standard InChI is InChI=1S/C14H30N2O3/c1-11(2)18-9-7-8-15-12(3)10-16-13(17)19-14(4,5)6/h11-12,15H,7-10H2,1-6H3,(H,16,17). The summed E-state index contributed by atoms with van der Waals surface area (Å²) in [5.41, 5.74) is -0.449. The molecule has 0 saturated heterocycles. The van der Waals surface area contributed by atoms with Crippen molar-refractivity contribution in [3.05, 3.63) is 0 Å². The predicted molar refractivity (Wildman–Crippen MR) is 77.4 cm³/mol.